The zero-order valence-corrected chi connectivity index (χ0v) is 17.7. The number of amides is 1. The molecular weight excluding hydrogens is 422 g/mol. The molecule has 162 valence electrons. The Morgan fingerprint density at radius 2 is 1.90 bits per heavy atom. The fourth-order valence-electron chi connectivity index (χ4n) is 3.24. The van der Waals surface area contributed by atoms with E-state index in [0.29, 0.717) is 23.7 Å². The number of nitro benzene ring substituents is 1. The fourth-order valence-corrected chi connectivity index (χ4v) is 3.42. The van der Waals surface area contributed by atoms with Crippen molar-refractivity contribution < 1.29 is 19.2 Å². The van der Waals surface area contributed by atoms with Crippen molar-refractivity contribution >= 4 is 35.2 Å². The molecule has 8 nitrogen and oxygen atoms in total. The zero-order chi connectivity index (χ0) is 22.4. The molecule has 0 spiro atoms. The third-order valence-electron chi connectivity index (χ3n) is 4.98. The first-order valence-corrected chi connectivity index (χ1v) is 10.2. The van der Waals surface area contributed by atoms with Crippen molar-refractivity contribution in [3.8, 4) is 5.75 Å². The quantitative estimate of drug-likeness (QED) is 0.222. The molecule has 0 bridgehead atoms. The molecule has 2 aromatic rings. The number of hydrogen-bond donors (Lipinski definition) is 0. The number of carbonyl (C=O) groups excluding carboxylic acids is 2. The second-order valence-electron chi connectivity index (χ2n) is 6.97. The van der Waals surface area contributed by atoms with E-state index in [-0.39, 0.29) is 22.9 Å². The smallest absolute Gasteiger partial charge is 0.336 e. The molecule has 0 saturated carbocycles. The molecule has 0 atom stereocenters. The van der Waals surface area contributed by atoms with Crippen molar-refractivity contribution in [1.82, 2.24) is 9.80 Å². The Balaban J connectivity index is 1.73. The molecule has 31 heavy (non-hydrogen) atoms. The summed E-state index contributed by atoms with van der Waals surface area (Å²) in [6, 6.07) is 10.4. The molecule has 0 N–H and O–H groups in total. The van der Waals surface area contributed by atoms with E-state index in [1.807, 2.05) is 0 Å². The summed E-state index contributed by atoms with van der Waals surface area (Å²) in [4.78, 5) is 39.6. The van der Waals surface area contributed by atoms with E-state index in [2.05, 4.69) is 11.8 Å². The van der Waals surface area contributed by atoms with E-state index >= 15 is 0 Å². The SMILES string of the molecule is CCN1CCN(C(=O)c2cc(Cl)ccc2OC(=O)/C=C\c2cccc([N+](=O)[O-])c2)CC1. The highest BCUT2D eigenvalue weighted by atomic mass is 35.5. The lowest BCUT2D eigenvalue weighted by molar-refractivity contribution is -0.384. The van der Waals surface area contributed by atoms with E-state index in [4.69, 9.17) is 16.3 Å². The van der Waals surface area contributed by atoms with Gasteiger partial charge in [0.2, 0.25) is 0 Å². The van der Waals surface area contributed by atoms with Crippen LogP contribution < -0.4 is 4.74 Å². The number of hydrogen-bond acceptors (Lipinski definition) is 6. The summed E-state index contributed by atoms with van der Waals surface area (Å²) in [6.07, 6.45) is 2.57. The van der Waals surface area contributed by atoms with Gasteiger partial charge in [-0.1, -0.05) is 30.7 Å². The van der Waals surface area contributed by atoms with E-state index in [9.17, 15) is 19.7 Å². The van der Waals surface area contributed by atoms with Crippen molar-refractivity contribution in [3.63, 3.8) is 0 Å². The molecule has 1 aliphatic rings. The van der Waals surface area contributed by atoms with Crippen molar-refractivity contribution in [2.75, 3.05) is 32.7 Å². The maximum atomic E-state index is 13.0. The monoisotopic (exact) mass is 443 g/mol. The summed E-state index contributed by atoms with van der Waals surface area (Å²) in [5, 5.41) is 11.2. The second-order valence-corrected chi connectivity index (χ2v) is 7.41. The Bertz CT molecular complexity index is 1020. The Morgan fingerprint density at radius 3 is 2.58 bits per heavy atom. The first kappa shape index (κ1) is 22.5. The number of carbonyl (C=O) groups is 2. The molecule has 1 fully saturated rings. The van der Waals surface area contributed by atoms with Crippen LogP contribution in [0.3, 0.4) is 0 Å². The third-order valence-corrected chi connectivity index (χ3v) is 5.22. The molecule has 1 aliphatic heterocycles. The van der Waals surface area contributed by atoms with Gasteiger partial charge in [0.15, 0.2) is 0 Å². The predicted molar refractivity (Wildman–Crippen MR) is 117 cm³/mol. The fraction of sp³-hybridized carbons (Fsp3) is 0.273. The van der Waals surface area contributed by atoms with Crippen LogP contribution in [0.15, 0.2) is 48.5 Å². The van der Waals surface area contributed by atoms with Gasteiger partial charge in [-0.2, -0.15) is 0 Å². The van der Waals surface area contributed by atoms with Crippen LogP contribution >= 0.6 is 11.6 Å². The van der Waals surface area contributed by atoms with Crippen LogP contribution in [0.5, 0.6) is 5.75 Å². The first-order valence-electron chi connectivity index (χ1n) is 9.83. The first-order chi connectivity index (χ1) is 14.9. The lowest BCUT2D eigenvalue weighted by atomic mass is 10.1. The topological polar surface area (TPSA) is 93.0 Å². The highest BCUT2D eigenvalue weighted by Gasteiger charge is 2.24. The average molecular weight is 444 g/mol. The van der Waals surface area contributed by atoms with Gasteiger partial charge in [0, 0.05) is 49.4 Å². The van der Waals surface area contributed by atoms with Gasteiger partial charge < -0.3 is 14.5 Å². The summed E-state index contributed by atoms with van der Waals surface area (Å²) in [7, 11) is 0. The van der Waals surface area contributed by atoms with Gasteiger partial charge in [0.25, 0.3) is 11.6 Å². The lowest BCUT2D eigenvalue weighted by Gasteiger charge is -2.34. The summed E-state index contributed by atoms with van der Waals surface area (Å²) >= 11 is 6.08. The largest absolute Gasteiger partial charge is 0.423 e. The summed E-state index contributed by atoms with van der Waals surface area (Å²) in [5.74, 6) is -0.844. The molecule has 3 rings (SSSR count). The zero-order valence-electron chi connectivity index (χ0n) is 17.0. The second kappa shape index (κ2) is 10.2. The van der Waals surface area contributed by atoms with E-state index in [1.54, 1.807) is 17.0 Å². The molecule has 2 aromatic carbocycles. The van der Waals surface area contributed by atoms with Crippen LogP contribution in [0.4, 0.5) is 5.69 Å². The number of nitrogens with zero attached hydrogens (tertiary/aromatic N) is 3. The van der Waals surface area contributed by atoms with Crippen LogP contribution in [0.25, 0.3) is 6.08 Å². The number of rotatable bonds is 6. The van der Waals surface area contributed by atoms with Crippen molar-refractivity contribution in [1.29, 1.82) is 0 Å². The number of likely N-dealkylation sites (N-methyl/N-ethyl adjacent to an activating group) is 1. The molecule has 0 unspecified atom stereocenters. The number of ether oxygens (including phenoxy) is 1. The van der Waals surface area contributed by atoms with Gasteiger partial charge in [-0.25, -0.2) is 4.79 Å². The summed E-state index contributed by atoms with van der Waals surface area (Å²) in [5.41, 5.74) is 0.617. The molecule has 1 amide bonds. The number of piperazine rings is 1. The van der Waals surface area contributed by atoms with Crippen LogP contribution in [0.2, 0.25) is 5.02 Å². The van der Waals surface area contributed by atoms with Gasteiger partial charge in [0.1, 0.15) is 5.75 Å². The minimum atomic E-state index is -0.710. The Hall–Kier alpha value is -3.23. The number of halogens is 1. The van der Waals surface area contributed by atoms with Gasteiger partial charge in [-0.3, -0.25) is 14.9 Å². The maximum absolute atomic E-state index is 13.0. The van der Waals surface area contributed by atoms with Crippen LogP contribution in [0, 0.1) is 10.1 Å². The number of nitro groups is 1. The average Bonchev–Trinajstić information content (AvgIpc) is 2.78. The molecule has 0 aromatic heterocycles. The standard InChI is InChI=1S/C22H22ClN3O5/c1-2-24-10-12-25(13-11-24)22(28)19-15-17(23)7-8-20(19)31-21(27)9-6-16-4-3-5-18(14-16)26(29)30/h3-9,14-15H,2,10-13H2,1H3/b9-6-. The summed E-state index contributed by atoms with van der Waals surface area (Å²) < 4.78 is 5.38. The molecule has 1 saturated heterocycles. The van der Waals surface area contributed by atoms with Gasteiger partial charge in [-0.05, 0) is 36.4 Å². The van der Waals surface area contributed by atoms with Crippen molar-refractivity contribution in [2.45, 2.75) is 6.92 Å². The number of esters is 1. The predicted octanol–water partition coefficient (Wildman–Crippen LogP) is 3.64. The Labute approximate surface area is 184 Å². The molecule has 0 aliphatic carbocycles. The third kappa shape index (κ3) is 5.90. The number of non-ortho nitro benzene ring substituents is 1. The van der Waals surface area contributed by atoms with Crippen molar-refractivity contribution in [2.24, 2.45) is 0 Å². The molecule has 1 heterocycles. The highest BCUT2D eigenvalue weighted by molar-refractivity contribution is 6.31. The summed E-state index contributed by atoms with van der Waals surface area (Å²) in [6.45, 7) is 5.73. The molecule has 0 radical (unpaired) electrons. The maximum Gasteiger partial charge on any atom is 0.336 e. The minimum absolute atomic E-state index is 0.0794. The van der Waals surface area contributed by atoms with Crippen LogP contribution in [-0.4, -0.2) is 59.3 Å². The van der Waals surface area contributed by atoms with Gasteiger partial charge >= 0.3 is 5.97 Å². The van der Waals surface area contributed by atoms with Crippen LogP contribution in [0.1, 0.15) is 22.8 Å². The molecule has 9 heteroatoms. The Morgan fingerprint density at radius 1 is 1.16 bits per heavy atom. The minimum Gasteiger partial charge on any atom is -0.423 e. The van der Waals surface area contributed by atoms with Crippen LogP contribution in [-0.2, 0) is 4.79 Å². The van der Waals surface area contributed by atoms with Gasteiger partial charge in [0.05, 0.1) is 10.5 Å². The Kier molecular flexibility index (Phi) is 7.38. The van der Waals surface area contributed by atoms with E-state index in [1.165, 1.54) is 36.4 Å². The normalized spacial score (nSPS) is 14.6. The lowest BCUT2D eigenvalue weighted by Crippen LogP contribution is -2.48. The van der Waals surface area contributed by atoms with Gasteiger partial charge in [-0.15, -0.1) is 0 Å². The number of benzene rings is 2. The van der Waals surface area contributed by atoms with Crippen molar-refractivity contribution in [3.05, 3.63) is 74.8 Å². The molecular formula is C22H22ClN3O5. The van der Waals surface area contributed by atoms with E-state index in [0.717, 1.165) is 25.7 Å². The van der Waals surface area contributed by atoms with E-state index < -0.39 is 10.9 Å². The highest BCUT2D eigenvalue weighted by Crippen LogP contribution is 2.25.